The Morgan fingerprint density at radius 2 is 1.79 bits per heavy atom. The van der Waals surface area contributed by atoms with Crippen molar-refractivity contribution in [3.63, 3.8) is 0 Å². The SMILES string of the molecule is CC1CN(c2nc(CN3CCOCC3)nc3sc4c(c23)CCCC4)CC(C)O1. The molecule has 4 heterocycles. The number of hydrogen-bond acceptors (Lipinski definition) is 7. The minimum Gasteiger partial charge on any atom is -0.379 e. The van der Waals surface area contributed by atoms with E-state index in [4.69, 9.17) is 19.4 Å². The third kappa shape index (κ3) is 3.65. The summed E-state index contributed by atoms with van der Waals surface area (Å²) in [4.78, 5) is 17.8. The predicted octanol–water partition coefficient (Wildman–Crippen LogP) is 3.02. The molecule has 2 saturated heterocycles. The molecule has 3 aliphatic rings. The lowest BCUT2D eigenvalue weighted by molar-refractivity contribution is -0.00541. The summed E-state index contributed by atoms with van der Waals surface area (Å²) in [5.74, 6) is 2.10. The van der Waals surface area contributed by atoms with Gasteiger partial charge < -0.3 is 14.4 Å². The maximum Gasteiger partial charge on any atom is 0.146 e. The van der Waals surface area contributed by atoms with E-state index in [9.17, 15) is 0 Å². The highest BCUT2D eigenvalue weighted by atomic mass is 32.1. The van der Waals surface area contributed by atoms with Crippen molar-refractivity contribution in [1.82, 2.24) is 14.9 Å². The van der Waals surface area contributed by atoms with Gasteiger partial charge in [-0.1, -0.05) is 0 Å². The zero-order valence-corrected chi connectivity index (χ0v) is 17.8. The number of aryl methyl sites for hydroxylation is 2. The van der Waals surface area contributed by atoms with Crippen molar-refractivity contribution in [2.45, 2.75) is 58.3 Å². The molecule has 0 amide bonds. The molecule has 28 heavy (non-hydrogen) atoms. The summed E-state index contributed by atoms with van der Waals surface area (Å²) in [6.45, 7) is 10.5. The Kier molecular flexibility index (Phi) is 5.26. The van der Waals surface area contributed by atoms with E-state index in [-0.39, 0.29) is 12.2 Å². The van der Waals surface area contributed by atoms with E-state index >= 15 is 0 Å². The summed E-state index contributed by atoms with van der Waals surface area (Å²) in [7, 11) is 0. The van der Waals surface area contributed by atoms with Gasteiger partial charge in [0.25, 0.3) is 0 Å². The van der Waals surface area contributed by atoms with Crippen LogP contribution >= 0.6 is 11.3 Å². The maximum absolute atomic E-state index is 5.99. The van der Waals surface area contributed by atoms with E-state index in [0.717, 1.165) is 57.6 Å². The van der Waals surface area contributed by atoms with Crippen molar-refractivity contribution in [3.8, 4) is 0 Å². The Hall–Kier alpha value is -1.28. The standard InChI is InChI=1S/C21H30N4O2S/c1-14-11-25(12-15(2)27-14)20-19-16-5-3-4-6-17(16)28-21(19)23-18(22-20)13-24-7-9-26-10-8-24/h14-15H,3-13H2,1-2H3. The molecule has 2 aliphatic heterocycles. The van der Waals surface area contributed by atoms with Gasteiger partial charge in [0.05, 0.1) is 37.4 Å². The molecule has 0 bridgehead atoms. The van der Waals surface area contributed by atoms with Crippen LogP contribution < -0.4 is 4.90 Å². The van der Waals surface area contributed by atoms with Gasteiger partial charge in [-0.3, -0.25) is 4.90 Å². The minimum atomic E-state index is 0.228. The summed E-state index contributed by atoms with van der Waals surface area (Å²) in [6, 6.07) is 0. The lowest BCUT2D eigenvalue weighted by atomic mass is 9.96. The predicted molar refractivity (Wildman–Crippen MR) is 112 cm³/mol. The van der Waals surface area contributed by atoms with E-state index < -0.39 is 0 Å². The molecule has 7 heteroatoms. The average molecular weight is 403 g/mol. The van der Waals surface area contributed by atoms with Crippen molar-refractivity contribution < 1.29 is 9.47 Å². The van der Waals surface area contributed by atoms with Crippen LogP contribution in [0, 0.1) is 0 Å². The van der Waals surface area contributed by atoms with Crippen LogP contribution in [0.25, 0.3) is 10.2 Å². The number of aromatic nitrogens is 2. The molecule has 5 rings (SSSR count). The van der Waals surface area contributed by atoms with Crippen LogP contribution in [0.15, 0.2) is 0 Å². The number of rotatable bonds is 3. The van der Waals surface area contributed by atoms with Crippen LogP contribution in [0.2, 0.25) is 0 Å². The molecular weight excluding hydrogens is 372 g/mol. The number of fused-ring (bicyclic) bond motifs is 3. The second kappa shape index (κ2) is 7.86. The first-order valence-corrected chi connectivity index (χ1v) is 11.5. The van der Waals surface area contributed by atoms with Gasteiger partial charge in [-0.05, 0) is 45.1 Å². The zero-order chi connectivity index (χ0) is 19.1. The number of ether oxygens (including phenoxy) is 2. The molecule has 2 aromatic heterocycles. The lowest BCUT2D eigenvalue weighted by Gasteiger charge is -2.36. The molecule has 0 aromatic carbocycles. The lowest BCUT2D eigenvalue weighted by Crippen LogP contribution is -2.46. The summed E-state index contributed by atoms with van der Waals surface area (Å²) < 4.78 is 11.5. The van der Waals surface area contributed by atoms with Crippen molar-refractivity contribution >= 4 is 27.4 Å². The maximum atomic E-state index is 5.99. The average Bonchev–Trinajstić information content (AvgIpc) is 3.06. The van der Waals surface area contributed by atoms with Crippen LogP contribution in [-0.2, 0) is 28.9 Å². The molecule has 2 atom stereocenters. The monoisotopic (exact) mass is 402 g/mol. The van der Waals surface area contributed by atoms with Gasteiger partial charge in [0.1, 0.15) is 16.5 Å². The molecule has 1 aliphatic carbocycles. The summed E-state index contributed by atoms with van der Waals surface area (Å²) in [5.41, 5.74) is 1.52. The van der Waals surface area contributed by atoms with Gasteiger partial charge in [-0.2, -0.15) is 0 Å². The highest BCUT2D eigenvalue weighted by Gasteiger charge is 2.29. The second-order valence-corrected chi connectivity index (χ2v) is 9.49. The number of nitrogens with zero attached hydrogens (tertiary/aromatic N) is 4. The van der Waals surface area contributed by atoms with E-state index in [1.807, 2.05) is 11.3 Å². The third-order valence-corrected chi connectivity index (χ3v) is 7.22. The molecule has 152 valence electrons. The molecule has 6 nitrogen and oxygen atoms in total. The van der Waals surface area contributed by atoms with E-state index in [1.165, 1.54) is 46.3 Å². The fourth-order valence-corrected chi connectivity index (χ4v) is 6.07. The smallest absolute Gasteiger partial charge is 0.146 e. The first kappa shape index (κ1) is 18.7. The zero-order valence-electron chi connectivity index (χ0n) is 16.9. The van der Waals surface area contributed by atoms with Crippen molar-refractivity contribution in [2.75, 3.05) is 44.3 Å². The minimum absolute atomic E-state index is 0.228. The Morgan fingerprint density at radius 3 is 2.57 bits per heavy atom. The third-order valence-electron chi connectivity index (χ3n) is 6.03. The van der Waals surface area contributed by atoms with Crippen LogP contribution in [0.1, 0.15) is 43.0 Å². The number of hydrogen-bond donors (Lipinski definition) is 0. The fourth-order valence-electron chi connectivity index (χ4n) is 4.79. The molecule has 2 fully saturated rings. The fraction of sp³-hybridized carbons (Fsp3) is 0.714. The van der Waals surface area contributed by atoms with Crippen molar-refractivity contribution in [1.29, 1.82) is 0 Å². The van der Waals surface area contributed by atoms with Crippen LogP contribution in [-0.4, -0.2) is 66.5 Å². The van der Waals surface area contributed by atoms with Crippen molar-refractivity contribution in [2.24, 2.45) is 0 Å². The molecule has 0 radical (unpaired) electrons. The Morgan fingerprint density at radius 1 is 1.04 bits per heavy atom. The molecule has 0 N–H and O–H groups in total. The Bertz CT molecular complexity index is 839. The van der Waals surface area contributed by atoms with E-state index in [2.05, 4.69) is 23.6 Å². The van der Waals surface area contributed by atoms with E-state index in [1.54, 1.807) is 0 Å². The van der Waals surface area contributed by atoms with Gasteiger partial charge in [-0.15, -0.1) is 11.3 Å². The largest absolute Gasteiger partial charge is 0.379 e. The first-order valence-electron chi connectivity index (χ1n) is 10.7. The normalized spacial score (nSPS) is 26.6. The van der Waals surface area contributed by atoms with Gasteiger partial charge >= 0.3 is 0 Å². The van der Waals surface area contributed by atoms with Gasteiger partial charge in [-0.25, -0.2) is 9.97 Å². The Balaban J connectivity index is 1.56. The highest BCUT2D eigenvalue weighted by Crippen LogP contribution is 2.40. The van der Waals surface area contributed by atoms with Crippen LogP contribution in [0.3, 0.4) is 0 Å². The number of morpholine rings is 2. The molecule has 2 unspecified atom stereocenters. The van der Waals surface area contributed by atoms with Gasteiger partial charge in [0.2, 0.25) is 0 Å². The topological polar surface area (TPSA) is 50.7 Å². The quantitative estimate of drug-likeness (QED) is 0.787. The molecular formula is C21H30N4O2S. The number of anilines is 1. The summed E-state index contributed by atoms with van der Waals surface area (Å²) in [5, 5.41) is 1.33. The highest BCUT2D eigenvalue weighted by molar-refractivity contribution is 7.19. The Labute approximate surface area is 170 Å². The van der Waals surface area contributed by atoms with E-state index in [0.29, 0.717) is 0 Å². The number of thiophene rings is 1. The molecule has 0 spiro atoms. The van der Waals surface area contributed by atoms with Crippen LogP contribution in [0.5, 0.6) is 0 Å². The first-order chi connectivity index (χ1) is 13.7. The molecule has 2 aromatic rings. The van der Waals surface area contributed by atoms with Gasteiger partial charge in [0, 0.05) is 31.1 Å². The van der Waals surface area contributed by atoms with Crippen molar-refractivity contribution in [3.05, 3.63) is 16.3 Å². The van der Waals surface area contributed by atoms with Crippen LogP contribution in [0.4, 0.5) is 5.82 Å². The second-order valence-electron chi connectivity index (χ2n) is 8.41. The summed E-state index contributed by atoms with van der Waals surface area (Å²) >= 11 is 1.90. The molecule has 0 saturated carbocycles. The van der Waals surface area contributed by atoms with Gasteiger partial charge in [0.15, 0.2) is 0 Å². The summed E-state index contributed by atoms with van der Waals surface area (Å²) in [6.07, 6.45) is 5.41.